The number of rotatable bonds is 5. The van der Waals surface area contributed by atoms with E-state index in [1.165, 1.54) is 0 Å². The molecule has 0 unspecified atom stereocenters. The van der Waals surface area contributed by atoms with Crippen LogP contribution in [-0.2, 0) is 6.61 Å². The molecule has 0 radical (unpaired) electrons. The molecular weight excluding hydrogens is 332 g/mol. The van der Waals surface area contributed by atoms with Crippen LogP contribution in [0.3, 0.4) is 0 Å². The van der Waals surface area contributed by atoms with E-state index in [9.17, 15) is 0 Å². The molecule has 2 rings (SSSR count). The molecule has 0 aromatic heterocycles. The Labute approximate surface area is 132 Å². The van der Waals surface area contributed by atoms with E-state index in [2.05, 4.69) is 15.9 Å². The monoisotopic (exact) mass is 348 g/mol. The Hall–Kier alpha value is -2.01. The fourth-order valence-electron chi connectivity index (χ4n) is 1.93. The maximum absolute atomic E-state index is 7.50. The quantitative estimate of drug-likeness (QED) is 0.640. The van der Waals surface area contributed by atoms with E-state index in [1.54, 1.807) is 19.2 Å². The molecule has 5 heteroatoms. The number of nitrogen functional groups attached to an aromatic ring is 1. The summed E-state index contributed by atoms with van der Waals surface area (Å²) < 4.78 is 12.2. The molecule has 0 saturated carbocycles. The molecule has 110 valence electrons. The van der Waals surface area contributed by atoms with Crippen LogP contribution in [0.25, 0.3) is 0 Å². The van der Waals surface area contributed by atoms with Crippen molar-refractivity contribution in [3.63, 3.8) is 0 Å². The van der Waals surface area contributed by atoms with Crippen LogP contribution < -0.4 is 15.2 Å². The van der Waals surface area contributed by atoms with Crippen LogP contribution in [0, 0.1) is 12.3 Å². The van der Waals surface area contributed by atoms with Crippen molar-refractivity contribution in [2.75, 3.05) is 7.11 Å². The summed E-state index contributed by atoms with van der Waals surface area (Å²) in [7, 11) is 1.61. The summed E-state index contributed by atoms with van der Waals surface area (Å²) in [6, 6.07) is 11.2. The van der Waals surface area contributed by atoms with Gasteiger partial charge < -0.3 is 15.2 Å². The second kappa shape index (κ2) is 6.63. The zero-order chi connectivity index (χ0) is 15.4. The van der Waals surface area contributed by atoms with Gasteiger partial charge >= 0.3 is 0 Å². The van der Waals surface area contributed by atoms with Gasteiger partial charge in [0.2, 0.25) is 0 Å². The van der Waals surface area contributed by atoms with Gasteiger partial charge in [0, 0.05) is 15.6 Å². The van der Waals surface area contributed by atoms with E-state index >= 15 is 0 Å². The molecule has 0 aliphatic carbocycles. The number of nitrogens with two attached hydrogens (primary N) is 1. The SMILES string of the molecule is COc1ccc(C(=N)N)cc1COc1ccc(Br)c(C)c1. The Morgan fingerprint density at radius 3 is 2.62 bits per heavy atom. The minimum Gasteiger partial charge on any atom is -0.496 e. The Morgan fingerprint density at radius 2 is 2.00 bits per heavy atom. The number of halogens is 1. The standard InChI is InChI=1S/C16H17BrN2O2/c1-10-7-13(4-5-14(10)17)21-9-12-8-11(16(18)19)3-6-15(12)20-2/h3-8H,9H2,1-2H3,(H3,18,19). The van der Waals surface area contributed by atoms with Crippen LogP contribution in [0.5, 0.6) is 11.5 Å². The third-order valence-electron chi connectivity index (χ3n) is 3.12. The van der Waals surface area contributed by atoms with Gasteiger partial charge in [-0.05, 0) is 48.9 Å². The van der Waals surface area contributed by atoms with Crippen molar-refractivity contribution >= 4 is 21.8 Å². The van der Waals surface area contributed by atoms with Gasteiger partial charge in [0.1, 0.15) is 23.9 Å². The van der Waals surface area contributed by atoms with Crippen LogP contribution in [0.2, 0.25) is 0 Å². The van der Waals surface area contributed by atoms with Crippen molar-refractivity contribution in [3.05, 3.63) is 57.6 Å². The van der Waals surface area contributed by atoms with Crippen LogP contribution in [-0.4, -0.2) is 12.9 Å². The van der Waals surface area contributed by atoms with Crippen LogP contribution in [0.15, 0.2) is 40.9 Å². The highest BCUT2D eigenvalue weighted by Crippen LogP contribution is 2.25. The fraction of sp³-hybridized carbons (Fsp3) is 0.188. The molecule has 0 spiro atoms. The van der Waals surface area contributed by atoms with Gasteiger partial charge in [0.05, 0.1) is 7.11 Å². The topological polar surface area (TPSA) is 68.3 Å². The molecule has 0 atom stereocenters. The molecule has 0 heterocycles. The molecule has 21 heavy (non-hydrogen) atoms. The number of methoxy groups -OCH3 is 1. The molecular formula is C16H17BrN2O2. The van der Waals surface area contributed by atoms with E-state index in [-0.39, 0.29) is 5.84 Å². The summed E-state index contributed by atoms with van der Waals surface area (Å²) in [6.45, 7) is 2.36. The molecule has 2 aromatic carbocycles. The average Bonchev–Trinajstić information content (AvgIpc) is 2.48. The fourth-order valence-corrected chi connectivity index (χ4v) is 2.17. The lowest BCUT2D eigenvalue weighted by Crippen LogP contribution is -2.12. The Bertz CT molecular complexity index is 671. The van der Waals surface area contributed by atoms with Crippen molar-refractivity contribution in [2.45, 2.75) is 13.5 Å². The highest BCUT2D eigenvalue weighted by Gasteiger charge is 2.07. The van der Waals surface area contributed by atoms with Crippen molar-refractivity contribution < 1.29 is 9.47 Å². The first-order valence-corrected chi connectivity index (χ1v) is 7.21. The van der Waals surface area contributed by atoms with Gasteiger partial charge in [-0.1, -0.05) is 15.9 Å². The van der Waals surface area contributed by atoms with Gasteiger partial charge in [-0.25, -0.2) is 0 Å². The number of amidine groups is 1. The van der Waals surface area contributed by atoms with Crippen molar-refractivity contribution in [2.24, 2.45) is 5.73 Å². The van der Waals surface area contributed by atoms with Gasteiger partial charge in [-0.15, -0.1) is 0 Å². The van der Waals surface area contributed by atoms with Crippen molar-refractivity contribution in [1.29, 1.82) is 5.41 Å². The number of aryl methyl sites for hydroxylation is 1. The first kappa shape index (κ1) is 15.4. The minimum atomic E-state index is 0.0263. The van der Waals surface area contributed by atoms with E-state index in [4.69, 9.17) is 20.6 Å². The average molecular weight is 349 g/mol. The normalized spacial score (nSPS) is 10.2. The van der Waals surface area contributed by atoms with Gasteiger partial charge in [-0.3, -0.25) is 5.41 Å². The van der Waals surface area contributed by atoms with Gasteiger partial charge in [0.15, 0.2) is 0 Å². The number of benzene rings is 2. The third-order valence-corrected chi connectivity index (χ3v) is 4.00. The lowest BCUT2D eigenvalue weighted by molar-refractivity contribution is 0.296. The lowest BCUT2D eigenvalue weighted by Gasteiger charge is -2.12. The number of hydrogen-bond acceptors (Lipinski definition) is 3. The Kier molecular flexibility index (Phi) is 4.85. The largest absolute Gasteiger partial charge is 0.496 e. The molecule has 0 fully saturated rings. The molecule has 0 saturated heterocycles. The van der Waals surface area contributed by atoms with Crippen molar-refractivity contribution in [3.8, 4) is 11.5 Å². The molecule has 4 nitrogen and oxygen atoms in total. The summed E-state index contributed by atoms with van der Waals surface area (Å²) in [5.74, 6) is 1.53. The second-order valence-corrected chi connectivity index (χ2v) is 5.49. The van der Waals surface area contributed by atoms with Gasteiger partial charge in [0.25, 0.3) is 0 Å². The maximum atomic E-state index is 7.50. The molecule has 3 N–H and O–H groups in total. The number of nitrogens with one attached hydrogen (secondary N) is 1. The van der Waals surface area contributed by atoms with E-state index in [0.29, 0.717) is 17.9 Å². The summed E-state index contributed by atoms with van der Waals surface area (Å²) in [6.07, 6.45) is 0. The third kappa shape index (κ3) is 3.76. The summed E-state index contributed by atoms with van der Waals surface area (Å²) in [4.78, 5) is 0. The van der Waals surface area contributed by atoms with Crippen LogP contribution >= 0.6 is 15.9 Å². The minimum absolute atomic E-state index is 0.0263. The molecule has 0 bridgehead atoms. The second-order valence-electron chi connectivity index (χ2n) is 4.64. The highest BCUT2D eigenvalue weighted by molar-refractivity contribution is 9.10. The zero-order valence-electron chi connectivity index (χ0n) is 11.9. The molecule has 0 aliphatic heterocycles. The highest BCUT2D eigenvalue weighted by atomic mass is 79.9. The predicted octanol–water partition coefficient (Wildman–Crippen LogP) is 3.63. The van der Waals surface area contributed by atoms with Gasteiger partial charge in [-0.2, -0.15) is 0 Å². The smallest absolute Gasteiger partial charge is 0.125 e. The summed E-state index contributed by atoms with van der Waals surface area (Å²) in [5.41, 5.74) is 8.13. The molecule has 0 aliphatic rings. The predicted molar refractivity (Wildman–Crippen MR) is 87.2 cm³/mol. The van der Waals surface area contributed by atoms with E-state index in [1.807, 2.05) is 31.2 Å². The van der Waals surface area contributed by atoms with Crippen molar-refractivity contribution in [1.82, 2.24) is 0 Å². The summed E-state index contributed by atoms with van der Waals surface area (Å²) >= 11 is 3.46. The maximum Gasteiger partial charge on any atom is 0.125 e. The number of ether oxygens (including phenoxy) is 2. The zero-order valence-corrected chi connectivity index (χ0v) is 13.5. The lowest BCUT2D eigenvalue weighted by atomic mass is 10.1. The van der Waals surface area contributed by atoms with Crippen LogP contribution in [0.1, 0.15) is 16.7 Å². The van der Waals surface area contributed by atoms with Crippen LogP contribution in [0.4, 0.5) is 0 Å². The molecule has 0 amide bonds. The Balaban J connectivity index is 2.19. The first-order valence-electron chi connectivity index (χ1n) is 6.41. The number of hydrogen-bond donors (Lipinski definition) is 2. The summed E-state index contributed by atoms with van der Waals surface area (Å²) in [5, 5.41) is 7.50. The first-order chi connectivity index (χ1) is 10.0. The van der Waals surface area contributed by atoms with E-state index in [0.717, 1.165) is 21.3 Å². The van der Waals surface area contributed by atoms with E-state index < -0.39 is 0 Å². The Morgan fingerprint density at radius 1 is 1.24 bits per heavy atom. The molecule has 2 aromatic rings.